The molecule has 2 rings (SSSR count). The van der Waals surface area contributed by atoms with Crippen LogP contribution in [0.4, 0.5) is 13.2 Å². The van der Waals surface area contributed by atoms with Crippen LogP contribution in [-0.4, -0.2) is 11.3 Å². The summed E-state index contributed by atoms with van der Waals surface area (Å²) in [5.41, 5.74) is 5.94. The molecule has 0 amide bonds. The number of benzene rings is 1. The lowest BCUT2D eigenvalue weighted by Gasteiger charge is -2.07. The number of nitrogens with two attached hydrogens (primary N) is 1. The summed E-state index contributed by atoms with van der Waals surface area (Å²) in [6.07, 6.45) is -4.72. The first-order valence-electron chi connectivity index (χ1n) is 4.33. The zero-order chi connectivity index (χ0) is 11.8. The summed E-state index contributed by atoms with van der Waals surface area (Å²) in [7, 11) is 0. The van der Waals surface area contributed by atoms with Crippen LogP contribution >= 0.6 is 0 Å². The highest BCUT2D eigenvalue weighted by atomic mass is 19.4. The molecule has 0 aliphatic rings. The first kappa shape index (κ1) is 10.7. The molecule has 16 heavy (non-hydrogen) atoms. The monoisotopic (exact) mass is 232 g/mol. The lowest BCUT2D eigenvalue weighted by Crippen LogP contribution is -2.16. The van der Waals surface area contributed by atoms with E-state index in [4.69, 9.17) is 10.2 Å². The van der Waals surface area contributed by atoms with Gasteiger partial charge in [-0.25, -0.2) is 4.98 Å². The Kier molecular flexibility index (Phi) is 2.47. The molecule has 1 aromatic carbocycles. The Morgan fingerprint density at radius 3 is 2.75 bits per heavy atom. The molecular weight excluding hydrogens is 225 g/mol. The fourth-order valence-corrected chi connectivity index (χ4v) is 1.24. The minimum atomic E-state index is -4.72. The highest BCUT2D eigenvalue weighted by Crippen LogP contribution is 2.26. The summed E-state index contributed by atoms with van der Waals surface area (Å²) in [6, 6.07) is 3.66. The topological polar surface area (TPSA) is 61.3 Å². The molecule has 7 heteroatoms. The van der Waals surface area contributed by atoms with E-state index in [0.29, 0.717) is 5.52 Å². The van der Waals surface area contributed by atoms with Crippen molar-refractivity contribution >= 4 is 11.1 Å². The molecule has 0 unspecified atom stereocenters. The van der Waals surface area contributed by atoms with Gasteiger partial charge in [0.2, 0.25) is 5.89 Å². The smallest absolute Gasteiger partial charge is 0.439 e. The number of rotatable bonds is 2. The predicted octanol–water partition coefficient (Wildman–Crippen LogP) is 2.19. The van der Waals surface area contributed by atoms with Crippen molar-refractivity contribution in [1.29, 1.82) is 0 Å². The van der Waals surface area contributed by atoms with Crippen LogP contribution in [0.15, 0.2) is 22.6 Å². The maximum atomic E-state index is 11.9. The first-order chi connectivity index (χ1) is 7.48. The van der Waals surface area contributed by atoms with E-state index in [1.165, 1.54) is 12.1 Å². The number of hydrogen-bond acceptors (Lipinski definition) is 4. The Morgan fingerprint density at radius 1 is 1.38 bits per heavy atom. The lowest BCUT2D eigenvalue weighted by molar-refractivity contribution is -0.274. The molecule has 4 nitrogen and oxygen atoms in total. The largest absolute Gasteiger partial charge is 0.573 e. The third kappa shape index (κ3) is 2.25. The van der Waals surface area contributed by atoms with Crippen molar-refractivity contribution in [3.05, 3.63) is 24.1 Å². The van der Waals surface area contributed by atoms with Crippen molar-refractivity contribution < 1.29 is 22.3 Å². The van der Waals surface area contributed by atoms with Gasteiger partial charge in [-0.05, 0) is 12.1 Å². The standard InChI is InChI=1S/C9H7F3N2O2/c10-9(11,12)16-5-1-2-6-7(3-5)15-8(4-13)14-6/h1-3H,4,13H2. The quantitative estimate of drug-likeness (QED) is 0.862. The van der Waals surface area contributed by atoms with E-state index in [1.807, 2.05) is 0 Å². The number of ether oxygens (including phenoxy) is 1. The summed E-state index contributed by atoms with van der Waals surface area (Å²) in [5.74, 6) is -0.0844. The van der Waals surface area contributed by atoms with Gasteiger partial charge < -0.3 is 14.9 Å². The number of hydrogen-bond donors (Lipinski definition) is 1. The molecule has 1 aromatic heterocycles. The molecule has 0 radical (unpaired) electrons. The van der Waals surface area contributed by atoms with E-state index < -0.39 is 6.36 Å². The average molecular weight is 232 g/mol. The Hall–Kier alpha value is -1.76. The lowest BCUT2D eigenvalue weighted by atomic mass is 10.3. The Morgan fingerprint density at radius 2 is 2.12 bits per heavy atom. The first-order valence-corrected chi connectivity index (χ1v) is 4.33. The number of aromatic nitrogens is 1. The second-order valence-corrected chi connectivity index (χ2v) is 2.99. The van der Waals surface area contributed by atoms with Crippen LogP contribution in [0.1, 0.15) is 5.89 Å². The highest BCUT2D eigenvalue weighted by molar-refractivity contribution is 5.74. The zero-order valence-corrected chi connectivity index (χ0v) is 7.91. The predicted molar refractivity (Wildman–Crippen MR) is 48.6 cm³/mol. The molecule has 0 aliphatic carbocycles. The maximum Gasteiger partial charge on any atom is 0.573 e. The summed E-state index contributed by atoms with van der Waals surface area (Å²) in [6.45, 7) is 0.0874. The molecule has 0 bridgehead atoms. The van der Waals surface area contributed by atoms with Crippen molar-refractivity contribution in [1.82, 2.24) is 4.98 Å². The van der Waals surface area contributed by atoms with Gasteiger partial charge in [0.1, 0.15) is 11.3 Å². The van der Waals surface area contributed by atoms with E-state index in [9.17, 15) is 13.2 Å². The van der Waals surface area contributed by atoms with Gasteiger partial charge in [-0.15, -0.1) is 13.2 Å². The van der Waals surface area contributed by atoms with Crippen LogP contribution in [0, 0.1) is 0 Å². The van der Waals surface area contributed by atoms with Gasteiger partial charge in [0.25, 0.3) is 0 Å². The third-order valence-corrected chi connectivity index (χ3v) is 1.81. The third-order valence-electron chi connectivity index (χ3n) is 1.81. The van der Waals surface area contributed by atoms with E-state index in [1.54, 1.807) is 0 Å². The van der Waals surface area contributed by atoms with E-state index in [2.05, 4.69) is 9.72 Å². The van der Waals surface area contributed by atoms with Gasteiger partial charge in [0.15, 0.2) is 5.58 Å². The van der Waals surface area contributed by atoms with Crippen LogP contribution < -0.4 is 10.5 Å². The van der Waals surface area contributed by atoms with Gasteiger partial charge >= 0.3 is 6.36 Å². The van der Waals surface area contributed by atoms with Gasteiger partial charge in [-0.2, -0.15) is 0 Å². The summed E-state index contributed by atoms with van der Waals surface area (Å²) in [5, 5.41) is 0. The molecule has 0 saturated carbocycles. The van der Waals surface area contributed by atoms with Crippen LogP contribution in [-0.2, 0) is 6.54 Å². The van der Waals surface area contributed by atoms with Gasteiger partial charge in [-0.1, -0.05) is 0 Å². The SMILES string of the molecule is NCc1nc2ccc(OC(F)(F)F)cc2o1. The molecule has 0 atom stereocenters. The minimum absolute atomic E-state index is 0.0874. The van der Waals surface area contributed by atoms with Crippen LogP contribution in [0.25, 0.3) is 11.1 Å². The molecule has 0 fully saturated rings. The number of halogens is 3. The molecule has 0 saturated heterocycles. The highest BCUT2D eigenvalue weighted by Gasteiger charge is 2.31. The van der Waals surface area contributed by atoms with Crippen molar-refractivity contribution in [3.63, 3.8) is 0 Å². The van der Waals surface area contributed by atoms with E-state index in [0.717, 1.165) is 6.07 Å². The van der Waals surface area contributed by atoms with Gasteiger partial charge in [0, 0.05) is 6.07 Å². The normalized spacial score (nSPS) is 12.0. The van der Waals surface area contributed by atoms with Gasteiger partial charge in [0.05, 0.1) is 6.54 Å². The summed E-state index contributed by atoms with van der Waals surface area (Å²) in [4.78, 5) is 3.94. The van der Waals surface area contributed by atoms with E-state index >= 15 is 0 Å². The number of fused-ring (bicyclic) bond motifs is 1. The second-order valence-electron chi connectivity index (χ2n) is 2.99. The van der Waals surface area contributed by atoms with Crippen molar-refractivity contribution in [2.75, 3.05) is 0 Å². The average Bonchev–Trinajstić information content (AvgIpc) is 2.57. The van der Waals surface area contributed by atoms with Crippen LogP contribution in [0.2, 0.25) is 0 Å². The molecule has 0 spiro atoms. The molecule has 2 N–H and O–H groups in total. The van der Waals surface area contributed by atoms with Crippen LogP contribution in [0.3, 0.4) is 0 Å². The molecule has 2 aromatic rings. The molecule has 1 heterocycles. The number of nitrogens with zero attached hydrogens (tertiary/aromatic N) is 1. The van der Waals surface area contributed by atoms with Gasteiger partial charge in [-0.3, -0.25) is 0 Å². The summed E-state index contributed by atoms with van der Waals surface area (Å²) >= 11 is 0. The fourth-order valence-electron chi connectivity index (χ4n) is 1.24. The summed E-state index contributed by atoms with van der Waals surface area (Å²) < 4.78 is 44.6. The molecule has 86 valence electrons. The van der Waals surface area contributed by atoms with Crippen molar-refractivity contribution in [2.45, 2.75) is 12.9 Å². The Bertz CT molecular complexity index is 507. The minimum Gasteiger partial charge on any atom is -0.439 e. The maximum absolute atomic E-state index is 11.9. The second kappa shape index (κ2) is 3.67. The molecular formula is C9H7F3N2O2. The Balaban J connectivity index is 2.36. The van der Waals surface area contributed by atoms with Crippen molar-refractivity contribution in [2.24, 2.45) is 5.73 Å². The number of alkyl halides is 3. The van der Waals surface area contributed by atoms with Crippen LogP contribution in [0.5, 0.6) is 5.75 Å². The fraction of sp³-hybridized carbons (Fsp3) is 0.222. The molecule has 0 aliphatic heterocycles. The Labute approximate surface area is 87.8 Å². The van der Waals surface area contributed by atoms with Crippen molar-refractivity contribution in [3.8, 4) is 5.75 Å². The van der Waals surface area contributed by atoms with E-state index in [-0.39, 0.29) is 23.8 Å². The zero-order valence-electron chi connectivity index (χ0n) is 7.91. The number of oxazole rings is 1.